The Morgan fingerprint density at radius 1 is 1.03 bits per heavy atom. The third-order valence-corrected chi connectivity index (χ3v) is 5.78. The van der Waals surface area contributed by atoms with Gasteiger partial charge in [-0.3, -0.25) is 0 Å². The molecule has 2 aromatic heterocycles. The average molecular weight is 520 g/mol. The molecule has 4 aromatic rings. The van der Waals surface area contributed by atoms with E-state index in [1.54, 1.807) is 30.3 Å². The fourth-order valence-electron chi connectivity index (χ4n) is 3.94. The maximum Gasteiger partial charge on any atom is 0.459 e. The number of aromatic carboxylic acids is 1. The molecule has 0 aliphatic rings. The Hall–Kier alpha value is -4.16. The summed E-state index contributed by atoms with van der Waals surface area (Å²) in [5.41, 5.74) is -0.263. The average Bonchev–Trinajstić information content (AvgIpc) is 3.51. The smallest absolute Gasteiger partial charge is 0.459 e. The molecule has 2 N–H and O–H groups in total. The Kier molecular flexibility index (Phi) is 7.05. The number of benzene rings is 2. The highest BCUT2D eigenvalue weighted by Gasteiger charge is 2.62. The molecule has 0 saturated heterocycles. The minimum Gasteiger partial charge on any atom is -0.477 e. The van der Waals surface area contributed by atoms with Gasteiger partial charge in [0.15, 0.2) is 11.4 Å². The second-order valence-corrected chi connectivity index (χ2v) is 8.27. The number of aryl methyl sites for hydroxylation is 1. The number of carboxylic acids is 1. The van der Waals surface area contributed by atoms with Crippen molar-refractivity contribution in [1.29, 1.82) is 0 Å². The van der Waals surface area contributed by atoms with E-state index in [0.29, 0.717) is 29.8 Å². The van der Waals surface area contributed by atoms with E-state index in [4.69, 9.17) is 0 Å². The van der Waals surface area contributed by atoms with Crippen molar-refractivity contribution in [3.63, 3.8) is 0 Å². The van der Waals surface area contributed by atoms with E-state index in [9.17, 15) is 31.9 Å². The van der Waals surface area contributed by atoms with Crippen LogP contribution in [0.1, 0.15) is 47.3 Å². The molecule has 0 amide bonds. The molecule has 0 spiro atoms. The molecule has 0 bridgehead atoms. The minimum atomic E-state index is -5.99. The molecule has 0 saturated carbocycles. The van der Waals surface area contributed by atoms with E-state index in [0.717, 1.165) is 15.7 Å². The van der Waals surface area contributed by atoms with Crippen molar-refractivity contribution in [2.75, 3.05) is 0 Å². The summed E-state index contributed by atoms with van der Waals surface area (Å²) in [5.74, 6) is -7.11. The van der Waals surface area contributed by atoms with Crippen molar-refractivity contribution in [3.05, 3.63) is 71.3 Å². The number of nitrogens with one attached hydrogen (secondary N) is 1. The van der Waals surface area contributed by atoms with E-state index in [1.807, 2.05) is 25.1 Å². The number of aromatic amines is 1. The second-order valence-electron chi connectivity index (χ2n) is 8.27. The molecule has 0 radical (unpaired) electrons. The standard InChI is InChI=1S/C24H21F5N6O2/c1-2-3-8-18-30-20(23(25,26)24(27,28)29)19(22(36)37)35(18)13-14-9-11-15(12-10-14)16-6-4-5-7-17(16)21-31-33-34-32-21/h4-7,9-12H,2-3,8,13H2,1H3,(H,36,37)(H,31,32,33,34). The van der Waals surface area contributed by atoms with Crippen molar-refractivity contribution in [3.8, 4) is 22.5 Å². The van der Waals surface area contributed by atoms with Crippen molar-refractivity contribution in [2.24, 2.45) is 0 Å². The van der Waals surface area contributed by atoms with Gasteiger partial charge in [0.2, 0.25) is 5.82 Å². The predicted octanol–water partition coefficient (Wildman–Crippen LogP) is 5.47. The van der Waals surface area contributed by atoms with Gasteiger partial charge in [0.05, 0.1) is 0 Å². The van der Waals surface area contributed by atoms with E-state index < -0.39 is 29.5 Å². The van der Waals surface area contributed by atoms with Crippen LogP contribution in [-0.2, 0) is 18.9 Å². The van der Waals surface area contributed by atoms with Crippen LogP contribution in [0.25, 0.3) is 22.5 Å². The van der Waals surface area contributed by atoms with Gasteiger partial charge >= 0.3 is 18.1 Å². The van der Waals surface area contributed by atoms with Crippen LogP contribution in [0.3, 0.4) is 0 Å². The van der Waals surface area contributed by atoms with Gasteiger partial charge in [-0.1, -0.05) is 61.9 Å². The number of hydrogen-bond acceptors (Lipinski definition) is 5. The van der Waals surface area contributed by atoms with Crippen molar-refractivity contribution < 1.29 is 31.9 Å². The lowest BCUT2D eigenvalue weighted by Crippen LogP contribution is -2.35. The highest BCUT2D eigenvalue weighted by atomic mass is 19.4. The number of rotatable bonds is 9. The summed E-state index contributed by atoms with van der Waals surface area (Å²) in [4.78, 5) is 15.4. The maximum absolute atomic E-state index is 14.3. The van der Waals surface area contributed by atoms with E-state index >= 15 is 0 Å². The van der Waals surface area contributed by atoms with Crippen molar-refractivity contribution in [1.82, 2.24) is 30.2 Å². The number of nitrogens with zero attached hydrogens (tertiary/aromatic N) is 5. The number of carbonyl (C=O) groups is 1. The quantitative estimate of drug-likeness (QED) is 0.283. The van der Waals surface area contributed by atoms with Crippen LogP contribution >= 0.6 is 0 Å². The Balaban J connectivity index is 1.73. The largest absolute Gasteiger partial charge is 0.477 e. The molecule has 2 aromatic carbocycles. The molecule has 4 rings (SSSR count). The van der Waals surface area contributed by atoms with Gasteiger partial charge in [-0.15, -0.1) is 10.2 Å². The number of unbranched alkanes of at least 4 members (excludes halogenated alkanes) is 1. The van der Waals surface area contributed by atoms with Crippen LogP contribution in [0.15, 0.2) is 48.5 Å². The molecule has 13 heteroatoms. The second kappa shape index (κ2) is 10.1. The van der Waals surface area contributed by atoms with Gasteiger partial charge in [0, 0.05) is 18.5 Å². The Labute approximate surface area is 207 Å². The number of imidazole rings is 1. The molecule has 37 heavy (non-hydrogen) atoms. The number of carboxylic acid groups (broad SMARTS) is 1. The lowest BCUT2D eigenvalue weighted by molar-refractivity contribution is -0.291. The molecule has 0 atom stereocenters. The molecule has 8 nitrogen and oxygen atoms in total. The predicted molar refractivity (Wildman–Crippen MR) is 122 cm³/mol. The maximum atomic E-state index is 14.3. The zero-order valence-electron chi connectivity index (χ0n) is 19.4. The van der Waals surface area contributed by atoms with Crippen LogP contribution < -0.4 is 0 Å². The summed E-state index contributed by atoms with van der Waals surface area (Å²) >= 11 is 0. The zero-order valence-corrected chi connectivity index (χ0v) is 19.4. The van der Waals surface area contributed by atoms with Crippen LogP contribution in [0, 0.1) is 0 Å². The first-order chi connectivity index (χ1) is 17.5. The number of alkyl halides is 5. The molecule has 2 heterocycles. The lowest BCUT2D eigenvalue weighted by Gasteiger charge is -2.18. The topological polar surface area (TPSA) is 110 Å². The fraction of sp³-hybridized carbons (Fsp3) is 0.292. The first-order valence-corrected chi connectivity index (χ1v) is 11.2. The summed E-state index contributed by atoms with van der Waals surface area (Å²) < 4.78 is 68.8. The van der Waals surface area contributed by atoms with Crippen LogP contribution in [0.4, 0.5) is 22.0 Å². The van der Waals surface area contributed by atoms with Crippen LogP contribution in [-0.4, -0.2) is 47.4 Å². The van der Waals surface area contributed by atoms with Gasteiger partial charge in [-0.2, -0.15) is 27.2 Å². The number of halogens is 5. The van der Waals surface area contributed by atoms with Crippen molar-refractivity contribution in [2.45, 2.75) is 44.8 Å². The molecule has 0 fully saturated rings. The number of H-pyrrole nitrogens is 1. The SMILES string of the molecule is CCCCc1nc(C(F)(F)C(F)(F)F)c(C(=O)O)n1Cc1ccc(-c2ccccc2-c2nn[nH]n2)cc1. The number of tetrazole rings is 1. The molecule has 0 unspecified atom stereocenters. The summed E-state index contributed by atoms with van der Waals surface area (Å²) in [7, 11) is 0. The van der Waals surface area contributed by atoms with Crippen molar-refractivity contribution >= 4 is 5.97 Å². The third kappa shape index (κ3) is 5.06. The van der Waals surface area contributed by atoms with Gasteiger partial charge in [0.25, 0.3) is 0 Å². The first kappa shape index (κ1) is 25.9. The minimum absolute atomic E-state index is 0.0425. The molecule has 194 valence electrons. The lowest BCUT2D eigenvalue weighted by atomic mass is 9.98. The molecular formula is C24H21F5N6O2. The highest BCUT2D eigenvalue weighted by Crippen LogP contribution is 2.45. The number of aromatic nitrogens is 6. The Bertz CT molecular complexity index is 1380. The summed E-state index contributed by atoms with van der Waals surface area (Å²) in [6.45, 7) is 1.55. The van der Waals surface area contributed by atoms with Gasteiger partial charge < -0.3 is 9.67 Å². The monoisotopic (exact) mass is 520 g/mol. The van der Waals surface area contributed by atoms with Gasteiger partial charge in [-0.05, 0) is 28.3 Å². The zero-order chi connectivity index (χ0) is 26.8. The normalized spacial score (nSPS) is 12.2. The van der Waals surface area contributed by atoms with Gasteiger partial charge in [-0.25, -0.2) is 9.78 Å². The summed E-state index contributed by atoms with van der Waals surface area (Å²) in [5, 5.41) is 23.6. The number of hydrogen-bond donors (Lipinski definition) is 2. The first-order valence-electron chi connectivity index (χ1n) is 11.2. The van der Waals surface area contributed by atoms with Crippen LogP contribution in [0.2, 0.25) is 0 Å². The Morgan fingerprint density at radius 2 is 1.70 bits per heavy atom. The highest BCUT2D eigenvalue weighted by molar-refractivity contribution is 5.87. The molecular weight excluding hydrogens is 499 g/mol. The summed E-state index contributed by atoms with van der Waals surface area (Å²) in [6.07, 6.45) is -4.92. The third-order valence-electron chi connectivity index (χ3n) is 5.78. The van der Waals surface area contributed by atoms with E-state index in [-0.39, 0.29) is 18.8 Å². The summed E-state index contributed by atoms with van der Waals surface area (Å²) in [6, 6.07) is 14.0. The fourth-order valence-corrected chi connectivity index (χ4v) is 3.94. The molecule has 0 aliphatic carbocycles. The molecule has 0 aliphatic heterocycles. The van der Waals surface area contributed by atoms with E-state index in [1.165, 1.54) is 0 Å². The Morgan fingerprint density at radius 3 is 2.27 bits per heavy atom. The van der Waals surface area contributed by atoms with Gasteiger partial charge in [0.1, 0.15) is 5.82 Å². The van der Waals surface area contributed by atoms with Crippen LogP contribution in [0.5, 0.6) is 0 Å². The van der Waals surface area contributed by atoms with E-state index in [2.05, 4.69) is 25.6 Å².